The number of nitrogens with one attached hydrogen (secondary N) is 1. The predicted octanol–water partition coefficient (Wildman–Crippen LogP) is 10.7. The molecule has 2 aromatic rings. The summed E-state index contributed by atoms with van der Waals surface area (Å²) in [5, 5.41) is 3.71. The second kappa shape index (κ2) is 13.5. The van der Waals surface area contributed by atoms with Gasteiger partial charge in [0.1, 0.15) is 0 Å². The van der Waals surface area contributed by atoms with Crippen molar-refractivity contribution >= 4 is 5.69 Å². The maximum Gasteiger partial charge on any atom is 0.0378 e. The molecule has 1 nitrogen and oxygen atoms in total. The third-order valence-corrected chi connectivity index (χ3v) is 9.11. The maximum absolute atomic E-state index is 3.71. The van der Waals surface area contributed by atoms with Crippen LogP contribution in [0.15, 0.2) is 84.0 Å². The first-order chi connectivity index (χ1) is 18.1. The summed E-state index contributed by atoms with van der Waals surface area (Å²) < 4.78 is 0. The largest absolute Gasteiger partial charge is 0.385 e. The zero-order chi connectivity index (χ0) is 27.8. The van der Waals surface area contributed by atoms with Crippen molar-refractivity contribution in [2.45, 2.75) is 105 Å². The Hall–Kier alpha value is -2.54. The van der Waals surface area contributed by atoms with Gasteiger partial charge >= 0.3 is 0 Å². The maximum atomic E-state index is 3.71. The number of para-hydroxylation sites is 1. The third kappa shape index (κ3) is 7.52. The molecule has 1 fully saturated rings. The van der Waals surface area contributed by atoms with E-state index in [1.54, 1.807) is 5.57 Å². The Kier molecular flexibility index (Phi) is 10.7. The number of hydrogen-bond acceptors (Lipinski definition) is 1. The van der Waals surface area contributed by atoms with Crippen LogP contribution < -0.4 is 5.32 Å². The molecule has 1 saturated carbocycles. The first kappa shape index (κ1) is 30.0. The Morgan fingerprint density at radius 2 is 1.66 bits per heavy atom. The Labute approximate surface area is 234 Å². The van der Waals surface area contributed by atoms with E-state index in [1.807, 2.05) is 0 Å². The highest BCUT2D eigenvalue weighted by Crippen LogP contribution is 2.39. The predicted molar refractivity (Wildman–Crippen MR) is 169 cm³/mol. The lowest BCUT2D eigenvalue weighted by Crippen LogP contribution is -2.20. The number of aryl methyl sites for hydroxylation is 1. The second-order valence-corrected chi connectivity index (χ2v) is 12.7. The van der Waals surface area contributed by atoms with E-state index in [0.29, 0.717) is 11.8 Å². The molecule has 0 aromatic heterocycles. The number of unbranched alkanes of at least 4 members (excludes halogenated alkanes) is 2. The molecule has 3 rings (SSSR count). The van der Waals surface area contributed by atoms with Crippen LogP contribution in [-0.4, -0.2) is 6.54 Å². The van der Waals surface area contributed by atoms with Gasteiger partial charge in [-0.1, -0.05) is 132 Å². The second-order valence-electron chi connectivity index (χ2n) is 12.7. The van der Waals surface area contributed by atoms with Crippen molar-refractivity contribution in [1.82, 2.24) is 0 Å². The minimum absolute atomic E-state index is 0.0380. The average Bonchev–Trinajstić information content (AvgIpc) is 3.24. The Balaban J connectivity index is 1.64. The van der Waals surface area contributed by atoms with Gasteiger partial charge in [0.05, 0.1) is 0 Å². The summed E-state index contributed by atoms with van der Waals surface area (Å²) in [7, 11) is 0. The number of allylic oxidation sites excluding steroid dienone is 6. The fourth-order valence-electron chi connectivity index (χ4n) is 5.98. The summed E-state index contributed by atoms with van der Waals surface area (Å²) in [6, 6.07) is 17.7. The highest BCUT2D eigenvalue weighted by atomic mass is 14.9. The van der Waals surface area contributed by atoms with Crippen LogP contribution in [0.3, 0.4) is 0 Å². The molecule has 0 aliphatic heterocycles. The van der Waals surface area contributed by atoms with E-state index < -0.39 is 0 Å². The molecule has 206 valence electrons. The Morgan fingerprint density at radius 3 is 2.37 bits per heavy atom. The van der Waals surface area contributed by atoms with Crippen LogP contribution in [-0.2, 0) is 10.8 Å². The van der Waals surface area contributed by atoms with E-state index in [9.17, 15) is 0 Å². The van der Waals surface area contributed by atoms with E-state index in [4.69, 9.17) is 0 Å². The summed E-state index contributed by atoms with van der Waals surface area (Å²) in [5.41, 5.74) is 8.69. The highest BCUT2D eigenvalue weighted by molar-refractivity contribution is 5.54. The minimum Gasteiger partial charge on any atom is -0.385 e. The summed E-state index contributed by atoms with van der Waals surface area (Å²) in [4.78, 5) is 0. The molecule has 0 spiro atoms. The molecule has 2 unspecified atom stereocenters. The van der Waals surface area contributed by atoms with Gasteiger partial charge in [0.2, 0.25) is 0 Å². The number of hydrogen-bond donors (Lipinski definition) is 1. The molecule has 1 heteroatoms. The lowest BCUT2D eigenvalue weighted by molar-refractivity contribution is 0.520. The van der Waals surface area contributed by atoms with Gasteiger partial charge in [-0.3, -0.25) is 0 Å². The van der Waals surface area contributed by atoms with Crippen LogP contribution >= 0.6 is 0 Å². The Morgan fingerprint density at radius 1 is 0.974 bits per heavy atom. The van der Waals surface area contributed by atoms with Crippen LogP contribution in [0.5, 0.6) is 0 Å². The first-order valence-corrected chi connectivity index (χ1v) is 15.0. The summed E-state index contributed by atoms with van der Waals surface area (Å²) in [6.07, 6.45) is 17.1. The molecule has 2 atom stereocenters. The van der Waals surface area contributed by atoms with Crippen LogP contribution in [0.1, 0.15) is 104 Å². The molecule has 2 aromatic carbocycles. The zero-order valence-electron chi connectivity index (χ0n) is 25.5. The van der Waals surface area contributed by atoms with Gasteiger partial charge in [-0.2, -0.15) is 0 Å². The monoisotopic (exact) mass is 511 g/mol. The molecule has 0 heterocycles. The van der Waals surface area contributed by atoms with Gasteiger partial charge < -0.3 is 5.32 Å². The molecule has 0 amide bonds. The minimum atomic E-state index is 0.0380. The number of rotatable bonds is 12. The third-order valence-electron chi connectivity index (χ3n) is 9.11. The van der Waals surface area contributed by atoms with Gasteiger partial charge in [-0.05, 0) is 79.5 Å². The fourth-order valence-corrected chi connectivity index (χ4v) is 5.98. The van der Waals surface area contributed by atoms with Crippen LogP contribution in [0.25, 0.3) is 0 Å². The number of anilines is 1. The van der Waals surface area contributed by atoms with Crippen LogP contribution in [0.2, 0.25) is 0 Å². The van der Waals surface area contributed by atoms with E-state index in [-0.39, 0.29) is 10.8 Å². The average molecular weight is 512 g/mol. The lowest BCUT2D eigenvalue weighted by Gasteiger charge is -2.28. The van der Waals surface area contributed by atoms with E-state index in [0.717, 1.165) is 13.0 Å². The molecule has 1 N–H and O–H groups in total. The van der Waals surface area contributed by atoms with Gasteiger partial charge in [-0.15, -0.1) is 0 Å². The molecule has 1 aliphatic carbocycles. The van der Waals surface area contributed by atoms with Crippen molar-refractivity contribution in [2.24, 2.45) is 11.8 Å². The smallest absolute Gasteiger partial charge is 0.0378 e. The number of benzene rings is 2. The molecule has 1 aliphatic rings. The van der Waals surface area contributed by atoms with Crippen molar-refractivity contribution in [1.29, 1.82) is 0 Å². The zero-order valence-corrected chi connectivity index (χ0v) is 25.5. The van der Waals surface area contributed by atoms with Gasteiger partial charge in [-0.25, -0.2) is 0 Å². The van der Waals surface area contributed by atoms with E-state index in [2.05, 4.69) is 134 Å². The summed E-state index contributed by atoms with van der Waals surface area (Å²) in [6.45, 7) is 19.7. The van der Waals surface area contributed by atoms with Crippen molar-refractivity contribution in [3.63, 3.8) is 0 Å². The van der Waals surface area contributed by atoms with E-state index in [1.165, 1.54) is 60.1 Å². The lowest BCUT2D eigenvalue weighted by atomic mass is 9.76. The Bertz CT molecular complexity index is 1130. The van der Waals surface area contributed by atoms with Crippen molar-refractivity contribution in [3.8, 4) is 0 Å². The molecular formula is C37H53N. The molecular weight excluding hydrogens is 458 g/mol. The van der Waals surface area contributed by atoms with Crippen molar-refractivity contribution < 1.29 is 0 Å². The SMILES string of the molecule is CCCCCNc1ccccc1C(C)(C)C/C=C/C1CC/C(=C\C=C(\C)C(C)(C)c2ccccc2C)C1C. The fraction of sp³-hybridized carbons (Fsp3) is 0.514. The van der Waals surface area contributed by atoms with Gasteiger partial charge in [0.25, 0.3) is 0 Å². The topological polar surface area (TPSA) is 12.0 Å². The normalized spacial score (nSPS) is 20.0. The van der Waals surface area contributed by atoms with Gasteiger partial charge in [0, 0.05) is 17.6 Å². The first-order valence-electron chi connectivity index (χ1n) is 15.0. The van der Waals surface area contributed by atoms with Crippen molar-refractivity contribution in [2.75, 3.05) is 11.9 Å². The molecule has 38 heavy (non-hydrogen) atoms. The molecule has 0 bridgehead atoms. The van der Waals surface area contributed by atoms with Crippen molar-refractivity contribution in [3.05, 3.63) is 101 Å². The highest BCUT2D eigenvalue weighted by Gasteiger charge is 2.28. The van der Waals surface area contributed by atoms with Gasteiger partial charge in [0.15, 0.2) is 0 Å². The quantitative estimate of drug-likeness (QED) is 0.221. The summed E-state index contributed by atoms with van der Waals surface area (Å²) >= 11 is 0. The van der Waals surface area contributed by atoms with E-state index >= 15 is 0 Å². The standard InChI is InChI=1S/C37H53N/c1-9-10-15-27-38-35-21-14-13-20-34(35)36(5,6)26-16-18-31-24-25-32(30(31)4)23-22-29(3)37(7,8)33-19-12-11-17-28(33)2/h11-14,16-23,30-31,38H,9-10,15,24-27H2,1-8H3/b18-16+,29-22-,32-23+. The molecule has 0 saturated heterocycles. The summed E-state index contributed by atoms with van der Waals surface area (Å²) in [5.74, 6) is 1.24. The molecule has 0 radical (unpaired) electrons. The van der Waals surface area contributed by atoms with Crippen LogP contribution in [0, 0.1) is 18.8 Å². The van der Waals surface area contributed by atoms with Crippen LogP contribution in [0.4, 0.5) is 5.69 Å².